The zero-order valence-corrected chi connectivity index (χ0v) is 18.9. The second kappa shape index (κ2) is 8.73. The molecule has 11 heteroatoms. The van der Waals surface area contributed by atoms with Crippen molar-refractivity contribution < 1.29 is 26.4 Å². The highest BCUT2D eigenvalue weighted by Crippen LogP contribution is 2.34. The monoisotopic (exact) mass is 502 g/mol. The number of rotatable bonds is 5. The lowest BCUT2D eigenvalue weighted by atomic mass is 9.97. The number of aromatic nitrogens is 1. The van der Waals surface area contributed by atoms with Crippen molar-refractivity contribution in [3.8, 4) is 0 Å². The molecule has 168 valence electrons. The minimum absolute atomic E-state index is 0.0101. The number of carbonyl (C=O) groups is 1. The summed E-state index contributed by atoms with van der Waals surface area (Å²) in [5.41, 5.74) is -0.154. The van der Waals surface area contributed by atoms with Crippen LogP contribution in [0.15, 0.2) is 53.6 Å². The van der Waals surface area contributed by atoms with E-state index in [9.17, 15) is 26.4 Å². The van der Waals surface area contributed by atoms with Gasteiger partial charge in [-0.25, -0.2) is 13.4 Å². The van der Waals surface area contributed by atoms with Crippen LogP contribution in [0.25, 0.3) is 0 Å². The third kappa shape index (κ3) is 4.90. The van der Waals surface area contributed by atoms with Crippen LogP contribution in [0.2, 0.25) is 10.0 Å². The van der Waals surface area contributed by atoms with E-state index in [1.165, 1.54) is 0 Å². The van der Waals surface area contributed by atoms with E-state index in [0.717, 1.165) is 18.3 Å². The van der Waals surface area contributed by atoms with Gasteiger partial charge in [0, 0.05) is 11.8 Å². The second-order valence-electron chi connectivity index (χ2n) is 6.89. The molecule has 0 bridgehead atoms. The number of ketones is 1. The van der Waals surface area contributed by atoms with Crippen LogP contribution in [-0.2, 0) is 16.2 Å². The summed E-state index contributed by atoms with van der Waals surface area (Å²) in [6, 6.07) is 8.24. The fourth-order valence-electron chi connectivity index (χ4n) is 3.07. The van der Waals surface area contributed by atoms with Gasteiger partial charge in [-0.1, -0.05) is 41.4 Å². The standard InChI is InChI=1S/C21H15Cl2F3N2O3S/c1-11-4-3-5-12(2)18(11)20(29)19-16(9-14(22)10-27-19)28-32(30,31)17-8-13(21(24,25)26)6-7-15(17)23/h3-10,28H,1-2H3. The van der Waals surface area contributed by atoms with Crippen molar-refractivity contribution in [1.82, 2.24) is 4.98 Å². The van der Waals surface area contributed by atoms with Gasteiger partial charge in [-0.3, -0.25) is 9.52 Å². The molecule has 0 aliphatic heterocycles. The Bertz CT molecular complexity index is 1310. The van der Waals surface area contributed by atoms with E-state index in [0.29, 0.717) is 28.8 Å². The highest BCUT2D eigenvalue weighted by atomic mass is 35.5. The second-order valence-corrected chi connectivity index (χ2v) is 9.39. The van der Waals surface area contributed by atoms with Gasteiger partial charge in [0.2, 0.25) is 5.78 Å². The van der Waals surface area contributed by atoms with Crippen molar-refractivity contribution >= 4 is 44.7 Å². The fourth-order valence-corrected chi connectivity index (χ4v) is 4.82. The summed E-state index contributed by atoms with van der Waals surface area (Å²) in [6.07, 6.45) is -3.62. The number of carbonyl (C=O) groups excluding carboxylic acids is 1. The molecule has 1 heterocycles. The van der Waals surface area contributed by atoms with Crippen molar-refractivity contribution in [3.05, 3.63) is 86.7 Å². The third-order valence-electron chi connectivity index (χ3n) is 4.57. The molecular formula is C21H15Cl2F3N2O3S. The molecule has 0 amide bonds. The third-order valence-corrected chi connectivity index (χ3v) is 6.62. The number of alkyl halides is 3. The molecule has 0 radical (unpaired) electrons. The van der Waals surface area contributed by atoms with Gasteiger partial charge in [0.05, 0.1) is 21.3 Å². The molecule has 0 atom stereocenters. The molecule has 32 heavy (non-hydrogen) atoms. The topological polar surface area (TPSA) is 76.1 Å². The van der Waals surface area contributed by atoms with Gasteiger partial charge in [-0.2, -0.15) is 13.2 Å². The van der Waals surface area contributed by atoms with Gasteiger partial charge in [-0.05, 0) is 49.2 Å². The summed E-state index contributed by atoms with van der Waals surface area (Å²) in [5.74, 6) is -0.579. The van der Waals surface area contributed by atoms with E-state index >= 15 is 0 Å². The maximum absolute atomic E-state index is 13.2. The molecule has 2 aromatic carbocycles. The van der Waals surface area contributed by atoms with Crippen molar-refractivity contribution in [3.63, 3.8) is 0 Å². The van der Waals surface area contributed by atoms with Crippen molar-refractivity contribution in [2.45, 2.75) is 24.9 Å². The van der Waals surface area contributed by atoms with Crippen LogP contribution < -0.4 is 4.72 Å². The van der Waals surface area contributed by atoms with Crippen LogP contribution in [0, 0.1) is 13.8 Å². The number of nitrogens with one attached hydrogen (secondary N) is 1. The van der Waals surface area contributed by atoms with Gasteiger partial charge < -0.3 is 0 Å². The van der Waals surface area contributed by atoms with E-state index in [2.05, 4.69) is 9.71 Å². The van der Waals surface area contributed by atoms with Crippen LogP contribution in [-0.4, -0.2) is 19.2 Å². The lowest BCUT2D eigenvalue weighted by Crippen LogP contribution is -2.19. The normalized spacial score (nSPS) is 12.0. The molecule has 3 aromatic rings. The Labute approximate surface area is 192 Å². The van der Waals surface area contributed by atoms with E-state index in [-0.39, 0.29) is 16.4 Å². The zero-order valence-electron chi connectivity index (χ0n) is 16.6. The van der Waals surface area contributed by atoms with Gasteiger partial charge in [0.25, 0.3) is 10.0 Å². The predicted molar refractivity (Wildman–Crippen MR) is 116 cm³/mol. The van der Waals surface area contributed by atoms with Gasteiger partial charge in [0.1, 0.15) is 10.6 Å². The first kappa shape index (κ1) is 24.0. The number of anilines is 1. The summed E-state index contributed by atoms with van der Waals surface area (Å²) in [4.78, 5) is 16.3. The minimum Gasteiger partial charge on any atom is -0.287 e. The Balaban J connectivity index is 2.11. The maximum atomic E-state index is 13.2. The number of benzene rings is 2. The minimum atomic E-state index is -4.78. The Morgan fingerprint density at radius 2 is 1.66 bits per heavy atom. The molecule has 0 saturated heterocycles. The Morgan fingerprint density at radius 3 is 2.25 bits per heavy atom. The highest BCUT2D eigenvalue weighted by Gasteiger charge is 2.33. The number of pyridine rings is 1. The largest absolute Gasteiger partial charge is 0.416 e. The molecule has 0 aliphatic rings. The van der Waals surface area contributed by atoms with Crippen molar-refractivity contribution in [1.29, 1.82) is 0 Å². The van der Waals surface area contributed by atoms with E-state index in [1.807, 2.05) is 0 Å². The molecule has 3 rings (SSSR count). The molecule has 0 fully saturated rings. The van der Waals surface area contributed by atoms with E-state index in [4.69, 9.17) is 23.2 Å². The van der Waals surface area contributed by atoms with Crippen LogP contribution in [0.1, 0.15) is 32.7 Å². The van der Waals surface area contributed by atoms with Gasteiger partial charge in [0.15, 0.2) is 0 Å². The first-order valence-electron chi connectivity index (χ1n) is 8.97. The van der Waals surface area contributed by atoms with Crippen molar-refractivity contribution in [2.75, 3.05) is 4.72 Å². The van der Waals surface area contributed by atoms with Crippen molar-refractivity contribution in [2.24, 2.45) is 0 Å². The molecule has 0 spiro atoms. The van der Waals surface area contributed by atoms with E-state index in [1.54, 1.807) is 32.0 Å². The number of sulfonamides is 1. The number of aryl methyl sites for hydroxylation is 2. The van der Waals surface area contributed by atoms with Crippen LogP contribution >= 0.6 is 23.2 Å². The molecule has 1 aromatic heterocycles. The molecule has 0 saturated carbocycles. The number of halogens is 5. The summed E-state index contributed by atoms with van der Waals surface area (Å²) in [7, 11) is -4.63. The maximum Gasteiger partial charge on any atom is 0.416 e. The molecule has 0 unspecified atom stereocenters. The highest BCUT2D eigenvalue weighted by molar-refractivity contribution is 7.92. The van der Waals surface area contributed by atoms with Gasteiger partial charge >= 0.3 is 6.18 Å². The zero-order chi connectivity index (χ0) is 23.8. The van der Waals surface area contributed by atoms with Crippen LogP contribution in [0.4, 0.5) is 18.9 Å². The number of hydrogen-bond acceptors (Lipinski definition) is 4. The quantitative estimate of drug-likeness (QED) is 0.430. The number of hydrogen-bond donors (Lipinski definition) is 1. The average Bonchev–Trinajstić information content (AvgIpc) is 2.66. The molecule has 0 aliphatic carbocycles. The van der Waals surface area contributed by atoms with Crippen LogP contribution in [0.5, 0.6) is 0 Å². The average molecular weight is 503 g/mol. The molecular weight excluding hydrogens is 488 g/mol. The predicted octanol–water partition coefficient (Wildman–Crippen LogP) is 6.06. The SMILES string of the molecule is Cc1cccc(C)c1C(=O)c1ncc(Cl)cc1NS(=O)(=O)c1cc(C(F)(F)F)ccc1Cl. The lowest BCUT2D eigenvalue weighted by Gasteiger charge is -2.15. The molecule has 1 N–H and O–H groups in total. The van der Waals surface area contributed by atoms with E-state index < -0.39 is 37.5 Å². The summed E-state index contributed by atoms with van der Waals surface area (Å²) in [5, 5.41) is -0.418. The smallest absolute Gasteiger partial charge is 0.287 e. The summed E-state index contributed by atoms with van der Waals surface area (Å²) in [6.45, 7) is 3.42. The summed E-state index contributed by atoms with van der Waals surface area (Å²) < 4.78 is 67.1. The summed E-state index contributed by atoms with van der Waals surface area (Å²) >= 11 is 11.8. The lowest BCUT2D eigenvalue weighted by molar-refractivity contribution is -0.137. The van der Waals surface area contributed by atoms with Crippen LogP contribution in [0.3, 0.4) is 0 Å². The Hall–Kier alpha value is -2.62. The first-order chi connectivity index (χ1) is 14.8. The first-order valence-corrected chi connectivity index (χ1v) is 11.2. The Kier molecular flexibility index (Phi) is 6.55. The van der Waals surface area contributed by atoms with Gasteiger partial charge in [-0.15, -0.1) is 0 Å². The fraction of sp³-hybridized carbons (Fsp3) is 0.143. The molecule has 5 nitrogen and oxygen atoms in total. The Morgan fingerprint density at radius 1 is 1.03 bits per heavy atom. The number of nitrogens with zero attached hydrogens (tertiary/aromatic N) is 1.